The molecule has 156 valence electrons. The van der Waals surface area contributed by atoms with Gasteiger partial charge in [0.2, 0.25) is 11.8 Å². The van der Waals surface area contributed by atoms with Gasteiger partial charge in [0.25, 0.3) is 0 Å². The van der Waals surface area contributed by atoms with Crippen LogP contribution in [0.5, 0.6) is 0 Å². The Labute approximate surface area is 182 Å². The number of anilines is 1. The molecular weight excluding hydrogens is 394 g/mol. The Bertz CT molecular complexity index is 957. The van der Waals surface area contributed by atoms with E-state index in [1.54, 1.807) is 6.08 Å². The van der Waals surface area contributed by atoms with Crippen LogP contribution in [0.1, 0.15) is 60.6 Å². The molecule has 0 saturated carbocycles. The van der Waals surface area contributed by atoms with Crippen LogP contribution in [0.2, 0.25) is 0 Å². The average molecular weight is 422 g/mol. The molecule has 0 spiro atoms. The monoisotopic (exact) mass is 421 g/mol. The van der Waals surface area contributed by atoms with Gasteiger partial charge in [-0.25, -0.2) is 0 Å². The van der Waals surface area contributed by atoms with E-state index in [0.29, 0.717) is 36.5 Å². The predicted molar refractivity (Wildman–Crippen MR) is 121 cm³/mol. The Morgan fingerprint density at radius 3 is 2.77 bits per heavy atom. The van der Waals surface area contributed by atoms with E-state index in [0.717, 1.165) is 41.7 Å². The predicted octanol–water partition coefficient (Wildman–Crippen LogP) is 5.13. The molecule has 1 aromatic heterocycles. The van der Waals surface area contributed by atoms with E-state index < -0.39 is 0 Å². The molecular formula is C24H27N3O2S. The van der Waals surface area contributed by atoms with E-state index in [4.69, 9.17) is 0 Å². The normalized spacial score (nSPS) is 13.1. The SMILES string of the molecule is CCCCCCC(=O)N1CCc2c(sc(NC(=O)C=Cc3ccccc3)c2C#N)C1. The van der Waals surface area contributed by atoms with E-state index in [-0.39, 0.29) is 11.8 Å². The third kappa shape index (κ3) is 5.58. The summed E-state index contributed by atoms with van der Waals surface area (Å²) < 4.78 is 0. The Morgan fingerprint density at radius 2 is 2.03 bits per heavy atom. The topological polar surface area (TPSA) is 73.2 Å². The Hall–Kier alpha value is -2.91. The molecule has 0 saturated heterocycles. The van der Waals surface area contributed by atoms with Crippen LogP contribution in [-0.4, -0.2) is 23.3 Å². The molecule has 1 aromatic carbocycles. The summed E-state index contributed by atoms with van der Waals surface area (Å²) in [6.45, 7) is 3.31. The van der Waals surface area contributed by atoms with Gasteiger partial charge in [0, 0.05) is 23.9 Å². The number of rotatable bonds is 8. The third-order valence-electron chi connectivity index (χ3n) is 5.23. The highest BCUT2D eigenvalue weighted by atomic mass is 32.1. The lowest BCUT2D eigenvalue weighted by Gasteiger charge is -2.27. The van der Waals surface area contributed by atoms with E-state index in [1.807, 2.05) is 35.2 Å². The molecule has 1 N–H and O–H groups in total. The molecule has 2 aromatic rings. The number of amides is 2. The van der Waals surface area contributed by atoms with E-state index in [2.05, 4.69) is 18.3 Å². The van der Waals surface area contributed by atoms with Crippen LogP contribution in [0.3, 0.4) is 0 Å². The van der Waals surface area contributed by atoms with Gasteiger partial charge in [-0.1, -0.05) is 56.5 Å². The van der Waals surface area contributed by atoms with Crippen LogP contribution in [0.4, 0.5) is 5.00 Å². The zero-order valence-corrected chi connectivity index (χ0v) is 18.1. The number of nitrogens with one attached hydrogen (secondary N) is 1. The Balaban J connectivity index is 1.64. The summed E-state index contributed by atoms with van der Waals surface area (Å²) in [6, 6.07) is 11.8. The standard InChI is InChI=1S/C24H27N3O2S/c1-2-3-4-8-11-23(29)27-15-14-19-20(16-25)24(30-21(19)17-27)26-22(28)13-12-18-9-6-5-7-10-18/h5-7,9-10,12-13H,2-4,8,11,14-15,17H2,1H3,(H,26,28). The lowest BCUT2D eigenvalue weighted by atomic mass is 10.0. The fraction of sp³-hybridized carbons (Fsp3) is 0.375. The van der Waals surface area contributed by atoms with Gasteiger partial charge >= 0.3 is 0 Å². The van der Waals surface area contributed by atoms with E-state index in [9.17, 15) is 14.9 Å². The molecule has 0 fully saturated rings. The molecule has 2 heterocycles. The maximum absolute atomic E-state index is 12.5. The van der Waals surface area contributed by atoms with Crippen LogP contribution < -0.4 is 5.32 Å². The van der Waals surface area contributed by atoms with E-state index in [1.165, 1.54) is 17.4 Å². The molecule has 0 unspecified atom stereocenters. The minimum Gasteiger partial charge on any atom is -0.337 e. The maximum Gasteiger partial charge on any atom is 0.249 e. The van der Waals surface area contributed by atoms with E-state index >= 15 is 0 Å². The number of nitrogens with zero attached hydrogens (tertiary/aromatic N) is 2. The molecule has 0 atom stereocenters. The number of nitriles is 1. The van der Waals surface area contributed by atoms with Gasteiger partial charge in [-0.2, -0.15) is 5.26 Å². The number of benzene rings is 1. The van der Waals surface area contributed by atoms with Crippen LogP contribution in [0.25, 0.3) is 6.08 Å². The van der Waals surface area contributed by atoms with Gasteiger partial charge in [-0.05, 0) is 30.0 Å². The average Bonchev–Trinajstić information content (AvgIpc) is 3.11. The fourth-order valence-electron chi connectivity index (χ4n) is 3.57. The Kier molecular flexibility index (Phi) is 7.81. The summed E-state index contributed by atoms with van der Waals surface area (Å²) in [4.78, 5) is 27.7. The first-order valence-electron chi connectivity index (χ1n) is 10.5. The van der Waals surface area contributed by atoms with Crippen molar-refractivity contribution in [3.05, 3.63) is 58.0 Å². The molecule has 0 aliphatic carbocycles. The summed E-state index contributed by atoms with van der Waals surface area (Å²) in [7, 11) is 0. The van der Waals surface area contributed by atoms with Gasteiger partial charge < -0.3 is 10.2 Å². The number of hydrogen-bond donors (Lipinski definition) is 1. The lowest BCUT2D eigenvalue weighted by molar-refractivity contribution is -0.132. The smallest absolute Gasteiger partial charge is 0.249 e. The second-order valence-electron chi connectivity index (χ2n) is 7.43. The molecule has 0 bridgehead atoms. The molecule has 6 heteroatoms. The number of thiophene rings is 1. The first-order chi connectivity index (χ1) is 14.6. The van der Waals surface area contributed by atoms with Gasteiger partial charge in [0.15, 0.2) is 0 Å². The molecule has 1 aliphatic rings. The number of fused-ring (bicyclic) bond motifs is 1. The van der Waals surface area contributed by atoms with Crippen molar-refractivity contribution >= 4 is 34.2 Å². The lowest BCUT2D eigenvalue weighted by Crippen LogP contribution is -2.35. The number of carbonyl (C=O) groups excluding carboxylic acids is 2. The molecule has 0 radical (unpaired) electrons. The molecule has 2 amide bonds. The van der Waals surface area contributed by atoms with Crippen molar-refractivity contribution in [1.29, 1.82) is 5.26 Å². The van der Waals surface area contributed by atoms with Crippen molar-refractivity contribution in [3.8, 4) is 6.07 Å². The van der Waals surface area contributed by atoms with Crippen LogP contribution in [0.15, 0.2) is 36.4 Å². The van der Waals surface area contributed by atoms with Crippen molar-refractivity contribution in [2.75, 3.05) is 11.9 Å². The van der Waals surface area contributed by atoms with Crippen LogP contribution in [-0.2, 0) is 22.6 Å². The molecule has 30 heavy (non-hydrogen) atoms. The van der Waals surface area contributed by atoms with Gasteiger partial charge in [0.05, 0.1) is 12.1 Å². The first kappa shape index (κ1) is 21.8. The summed E-state index contributed by atoms with van der Waals surface area (Å²) in [5.41, 5.74) is 2.44. The number of hydrogen-bond acceptors (Lipinski definition) is 4. The first-order valence-corrected chi connectivity index (χ1v) is 11.3. The Morgan fingerprint density at radius 1 is 1.23 bits per heavy atom. The summed E-state index contributed by atoms with van der Waals surface area (Å²) in [6.07, 6.45) is 8.79. The van der Waals surface area contributed by atoms with Crippen molar-refractivity contribution in [1.82, 2.24) is 4.90 Å². The number of unbranched alkanes of at least 4 members (excludes halogenated alkanes) is 3. The van der Waals surface area contributed by atoms with Gasteiger partial charge in [-0.3, -0.25) is 9.59 Å². The zero-order valence-electron chi connectivity index (χ0n) is 17.3. The molecule has 3 rings (SSSR count). The highest BCUT2D eigenvalue weighted by Crippen LogP contribution is 2.36. The summed E-state index contributed by atoms with van der Waals surface area (Å²) in [5, 5.41) is 13.1. The van der Waals surface area contributed by atoms with Crippen molar-refractivity contribution in [2.24, 2.45) is 0 Å². The van der Waals surface area contributed by atoms with Crippen LogP contribution >= 0.6 is 11.3 Å². The third-order valence-corrected chi connectivity index (χ3v) is 6.36. The minimum atomic E-state index is -0.266. The van der Waals surface area contributed by atoms with Crippen LogP contribution in [0, 0.1) is 11.3 Å². The fourth-order valence-corrected chi connectivity index (χ4v) is 4.79. The number of carbonyl (C=O) groups is 2. The molecule has 5 nitrogen and oxygen atoms in total. The van der Waals surface area contributed by atoms with Gasteiger partial charge in [0.1, 0.15) is 11.1 Å². The highest BCUT2D eigenvalue weighted by molar-refractivity contribution is 7.16. The largest absolute Gasteiger partial charge is 0.337 e. The van der Waals surface area contributed by atoms with Gasteiger partial charge in [-0.15, -0.1) is 11.3 Å². The minimum absolute atomic E-state index is 0.181. The highest BCUT2D eigenvalue weighted by Gasteiger charge is 2.27. The second kappa shape index (κ2) is 10.7. The molecule has 1 aliphatic heterocycles. The summed E-state index contributed by atoms with van der Waals surface area (Å²) in [5.74, 6) is -0.0853. The second-order valence-corrected chi connectivity index (χ2v) is 8.53. The zero-order chi connectivity index (χ0) is 21.3. The van der Waals surface area contributed by atoms with Crippen molar-refractivity contribution in [3.63, 3.8) is 0 Å². The van der Waals surface area contributed by atoms with Crippen molar-refractivity contribution in [2.45, 2.75) is 52.0 Å². The van der Waals surface area contributed by atoms with Crippen molar-refractivity contribution < 1.29 is 9.59 Å². The summed E-state index contributed by atoms with van der Waals surface area (Å²) >= 11 is 1.41. The quantitative estimate of drug-likeness (QED) is 0.474. The maximum atomic E-state index is 12.5.